The molecule has 0 amide bonds. The highest BCUT2D eigenvalue weighted by Crippen LogP contribution is 2.40. The van der Waals surface area contributed by atoms with E-state index in [0.717, 1.165) is 25.7 Å². The third-order valence-corrected chi connectivity index (χ3v) is 3.77. The van der Waals surface area contributed by atoms with Crippen LogP contribution in [0, 0.1) is 5.41 Å². The Bertz CT molecular complexity index is 441. The van der Waals surface area contributed by atoms with E-state index in [-0.39, 0.29) is 11.6 Å². The van der Waals surface area contributed by atoms with Crippen LogP contribution < -0.4 is 11.5 Å². The molecule has 1 aromatic rings. The van der Waals surface area contributed by atoms with Gasteiger partial charge in [0.15, 0.2) is 5.78 Å². The van der Waals surface area contributed by atoms with E-state index in [1.165, 1.54) is 6.20 Å². The Morgan fingerprint density at radius 1 is 1.47 bits per heavy atom. The van der Waals surface area contributed by atoms with Crippen molar-refractivity contribution in [2.45, 2.75) is 25.7 Å². The van der Waals surface area contributed by atoms with Crippen molar-refractivity contribution in [2.24, 2.45) is 11.1 Å². The summed E-state index contributed by atoms with van der Waals surface area (Å²) >= 11 is 5.85. The van der Waals surface area contributed by atoms with Crippen LogP contribution in [-0.4, -0.2) is 17.3 Å². The summed E-state index contributed by atoms with van der Waals surface area (Å²) in [5.41, 5.74) is 11.5. The van der Waals surface area contributed by atoms with Gasteiger partial charge in [-0.25, -0.2) is 4.98 Å². The zero-order valence-electron chi connectivity index (χ0n) is 9.58. The minimum Gasteiger partial charge on any atom is -0.383 e. The van der Waals surface area contributed by atoms with Crippen molar-refractivity contribution in [2.75, 3.05) is 12.3 Å². The summed E-state index contributed by atoms with van der Waals surface area (Å²) in [7, 11) is 0. The Balaban J connectivity index is 2.39. The lowest BCUT2D eigenvalue weighted by atomic mass is 9.79. The SMILES string of the molecule is NCC1(C(=O)c2cc(Cl)cnc2N)CCCC1. The minimum absolute atomic E-state index is 0.00926. The van der Waals surface area contributed by atoms with Gasteiger partial charge < -0.3 is 11.5 Å². The smallest absolute Gasteiger partial charge is 0.174 e. The standard InChI is InChI=1S/C12H16ClN3O/c13-8-5-9(11(15)16-6-8)10(17)12(7-14)3-1-2-4-12/h5-6H,1-4,7,14H2,(H2,15,16). The topological polar surface area (TPSA) is 82.0 Å². The Labute approximate surface area is 105 Å². The van der Waals surface area contributed by atoms with E-state index in [1.807, 2.05) is 0 Å². The molecule has 1 aliphatic carbocycles. The van der Waals surface area contributed by atoms with Gasteiger partial charge in [0.1, 0.15) is 5.82 Å². The molecule has 1 saturated carbocycles. The number of carbonyl (C=O) groups excluding carboxylic acids is 1. The lowest BCUT2D eigenvalue weighted by molar-refractivity contribution is 0.0810. The van der Waals surface area contributed by atoms with Gasteiger partial charge in [0.25, 0.3) is 0 Å². The highest BCUT2D eigenvalue weighted by molar-refractivity contribution is 6.31. The molecule has 4 N–H and O–H groups in total. The highest BCUT2D eigenvalue weighted by atomic mass is 35.5. The summed E-state index contributed by atoms with van der Waals surface area (Å²) in [5.74, 6) is 0.226. The predicted molar refractivity (Wildman–Crippen MR) is 67.9 cm³/mol. The van der Waals surface area contributed by atoms with Gasteiger partial charge in [-0.2, -0.15) is 0 Å². The molecule has 0 aliphatic heterocycles. The van der Waals surface area contributed by atoms with E-state index >= 15 is 0 Å². The first kappa shape index (κ1) is 12.3. The Morgan fingerprint density at radius 2 is 2.12 bits per heavy atom. The van der Waals surface area contributed by atoms with Crippen LogP contribution >= 0.6 is 11.6 Å². The second-order valence-electron chi connectivity index (χ2n) is 4.61. The number of anilines is 1. The number of Topliss-reactive ketones (excluding diaryl/α,β-unsaturated/α-hetero) is 1. The van der Waals surface area contributed by atoms with E-state index in [1.54, 1.807) is 6.07 Å². The van der Waals surface area contributed by atoms with E-state index < -0.39 is 5.41 Å². The van der Waals surface area contributed by atoms with Crippen LogP contribution in [0.15, 0.2) is 12.3 Å². The Kier molecular flexibility index (Phi) is 3.35. The number of aromatic nitrogens is 1. The van der Waals surface area contributed by atoms with Crippen LogP contribution in [0.2, 0.25) is 5.02 Å². The molecule has 0 unspecified atom stereocenters. The fourth-order valence-corrected chi connectivity index (χ4v) is 2.65. The van der Waals surface area contributed by atoms with Crippen molar-refractivity contribution >= 4 is 23.2 Å². The maximum absolute atomic E-state index is 12.5. The maximum Gasteiger partial charge on any atom is 0.174 e. The first-order valence-electron chi connectivity index (χ1n) is 5.75. The number of nitrogen functional groups attached to an aromatic ring is 1. The van der Waals surface area contributed by atoms with Gasteiger partial charge in [0.2, 0.25) is 0 Å². The Morgan fingerprint density at radius 3 is 2.71 bits per heavy atom. The zero-order valence-corrected chi connectivity index (χ0v) is 10.3. The largest absolute Gasteiger partial charge is 0.383 e. The monoisotopic (exact) mass is 253 g/mol. The van der Waals surface area contributed by atoms with Crippen LogP contribution in [0.1, 0.15) is 36.0 Å². The average molecular weight is 254 g/mol. The van der Waals surface area contributed by atoms with Crippen LogP contribution in [0.3, 0.4) is 0 Å². The summed E-state index contributed by atoms with van der Waals surface area (Å²) in [4.78, 5) is 16.4. The summed E-state index contributed by atoms with van der Waals surface area (Å²) in [6.07, 6.45) is 5.17. The third kappa shape index (κ3) is 2.15. The van der Waals surface area contributed by atoms with Gasteiger partial charge in [0, 0.05) is 18.2 Å². The average Bonchev–Trinajstić information content (AvgIpc) is 2.81. The van der Waals surface area contributed by atoms with Crippen LogP contribution in [0.4, 0.5) is 5.82 Å². The summed E-state index contributed by atoms with van der Waals surface area (Å²) in [6.45, 7) is 0.359. The molecule has 5 heteroatoms. The molecule has 1 heterocycles. The summed E-state index contributed by atoms with van der Waals surface area (Å²) in [6, 6.07) is 1.59. The first-order chi connectivity index (χ1) is 8.09. The van der Waals surface area contributed by atoms with E-state index in [4.69, 9.17) is 23.1 Å². The van der Waals surface area contributed by atoms with Gasteiger partial charge in [-0.15, -0.1) is 0 Å². The van der Waals surface area contributed by atoms with Crippen molar-refractivity contribution in [1.29, 1.82) is 0 Å². The molecule has 0 spiro atoms. The number of nitrogens with zero attached hydrogens (tertiary/aromatic N) is 1. The van der Waals surface area contributed by atoms with Gasteiger partial charge in [-0.1, -0.05) is 24.4 Å². The van der Waals surface area contributed by atoms with Gasteiger partial charge >= 0.3 is 0 Å². The normalized spacial score (nSPS) is 18.2. The number of hydrogen-bond acceptors (Lipinski definition) is 4. The molecule has 1 aliphatic rings. The number of hydrogen-bond donors (Lipinski definition) is 2. The van der Waals surface area contributed by atoms with Crippen molar-refractivity contribution in [1.82, 2.24) is 4.98 Å². The number of ketones is 1. The van der Waals surface area contributed by atoms with Gasteiger partial charge in [-0.3, -0.25) is 4.79 Å². The van der Waals surface area contributed by atoms with Crippen LogP contribution in [0.5, 0.6) is 0 Å². The van der Waals surface area contributed by atoms with Crippen molar-refractivity contribution < 1.29 is 4.79 Å². The quantitative estimate of drug-likeness (QED) is 0.808. The lowest BCUT2D eigenvalue weighted by Crippen LogP contribution is -2.36. The third-order valence-electron chi connectivity index (χ3n) is 3.56. The lowest BCUT2D eigenvalue weighted by Gasteiger charge is -2.25. The molecule has 17 heavy (non-hydrogen) atoms. The van der Waals surface area contributed by atoms with Crippen LogP contribution in [0.25, 0.3) is 0 Å². The summed E-state index contributed by atoms with van der Waals surface area (Å²) in [5, 5.41) is 0.424. The number of pyridine rings is 1. The molecule has 0 saturated heterocycles. The highest BCUT2D eigenvalue weighted by Gasteiger charge is 2.41. The number of rotatable bonds is 3. The van der Waals surface area contributed by atoms with Crippen molar-refractivity contribution in [3.8, 4) is 0 Å². The van der Waals surface area contributed by atoms with Crippen molar-refractivity contribution in [3.05, 3.63) is 22.8 Å². The van der Waals surface area contributed by atoms with Crippen LogP contribution in [-0.2, 0) is 0 Å². The van der Waals surface area contributed by atoms with E-state index in [0.29, 0.717) is 17.1 Å². The Hall–Kier alpha value is -1.13. The van der Waals surface area contributed by atoms with Gasteiger partial charge in [0.05, 0.1) is 10.6 Å². The maximum atomic E-state index is 12.5. The molecule has 0 aromatic carbocycles. The zero-order chi connectivity index (χ0) is 12.5. The second-order valence-corrected chi connectivity index (χ2v) is 5.04. The molecule has 0 radical (unpaired) electrons. The van der Waals surface area contributed by atoms with Gasteiger partial charge in [-0.05, 0) is 18.9 Å². The number of nitrogens with two attached hydrogens (primary N) is 2. The predicted octanol–water partition coefficient (Wildman–Crippen LogP) is 2.02. The fourth-order valence-electron chi connectivity index (χ4n) is 2.49. The number of halogens is 1. The first-order valence-corrected chi connectivity index (χ1v) is 6.13. The van der Waals surface area contributed by atoms with Crippen molar-refractivity contribution in [3.63, 3.8) is 0 Å². The number of carbonyl (C=O) groups is 1. The molecule has 1 aromatic heterocycles. The second kappa shape index (κ2) is 4.63. The molecule has 92 valence electrons. The van der Waals surface area contributed by atoms with E-state index in [9.17, 15) is 4.79 Å². The molecule has 0 bridgehead atoms. The molecule has 2 rings (SSSR count). The molecular weight excluding hydrogens is 238 g/mol. The molecular formula is C12H16ClN3O. The molecule has 0 atom stereocenters. The molecule has 1 fully saturated rings. The molecule has 4 nitrogen and oxygen atoms in total. The summed E-state index contributed by atoms with van der Waals surface area (Å²) < 4.78 is 0. The minimum atomic E-state index is -0.458. The fraction of sp³-hybridized carbons (Fsp3) is 0.500. The van der Waals surface area contributed by atoms with E-state index in [2.05, 4.69) is 4.98 Å².